The number of anilines is 1. The summed E-state index contributed by atoms with van der Waals surface area (Å²) >= 11 is 5.86. The summed E-state index contributed by atoms with van der Waals surface area (Å²) in [6, 6.07) is 16.7. The van der Waals surface area contributed by atoms with E-state index in [0.717, 1.165) is 18.8 Å². The van der Waals surface area contributed by atoms with E-state index in [1.807, 2.05) is 29.2 Å². The average Bonchev–Trinajstić information content (AvgIpc) is 2.62. The molecule has 1 saturated heterocycles. The van der Waals surface area contributed by atoms with Gasteiger partial charge in [0.1, 0.15) is 0 Å². The van der Waals surface area contributed by atoms with Crippen molar-refractivity contribution in [2.24, 2.45) is 0 Å². The third-order valence-corrected chi connectivity index (χ3v) is 4.27. The van der Waals surface area contributed by atoms with Crippen molar-refractivity contribution in [3.63, 3.8) is 0 Å². The predicted molar refractivity (Wildman–Crippen MR) is 90.7 cm³/mol. The van der Waals surface area contributed by atoms with Crippen LogP contribution < -0.4 is 4.90 Å². The molecule has 5 heteroatoms. The highest BCUT2D eigenvalue weighted by molar-refractivity contribution is 6.30. The Balaban J connectivity index is 1.62. The van der Waals surface area contributed by atoms with Crippen molar-refractivity contribution in [2.75, 3.05) is 31.1 Å². The van der Waals surface area contributed by atoms with E-state index < -0.39 is 0 Å². The Morgan fingerprint density at radius 2 is 1.57 bits per heavy atom. The highest BCUT2D eigenvalue weighted by Crippen LogP contribution is 2.18. The van der Waals surface area contributed by atoms with Gasteiger partial charge in [-0.25, -0.2) is 0 Å². The van der Waals surface area contributed by atoms with E-state index in [1.54, 1.807) is 24.3 Å². The van der Waals surface area contributed by atoms with Gasteiger partial charge in [-0.3, -0.25) is 4.79 Å². The summed E-state index contributed by atoms with van der Waals surface area (Å²) in [4.78, 5) is 16.6. The minimum atomic E-state index is 0.0427. The van der Waals surface area contributed by atoms with Crippen LogP contribution in [0.4, 0.5) is 5.69 Å². The summed E-state index contributed by atoms with van der Waals surface area (Å²) in [5, 5.41) is 9.48. The number of amides is 1. The van der Waals surface area contributed by atoms with Gasteiger partial charge >= 0.3 is 0 Å². The molecule has 0 saturated carbocycles. The van der Waals surface area contributed by atoms with E-state index in [2.05, 4.69) is 11.0 Å². The lowest BCUT2D eigenvalue weighted by molar-refractivity contribution is 0.0747. The highest BCUT2D eigenvalue weighted by atomic mass is 35.5. The van der Waals surface area contributed by atoms with Crippen LogP contribution in [0.25, 0.3) is 0 Å². The molecule has 0 radical (unpaired) electrons. The largest absolute Gasteiger partial charge is 0.368 e. The zero-order valence-electron chi connectivity index (χ0n) is 12.6. The van der Waals surface area contributed by atoms with Crippen LogP contribution in [0.2, 0.25) is 5.02 Å². The number of hydrogen-bond donors (Lipinski definition) is 0. The standard InChI is InChI=1S/C18H16ClN3O/c19-16-5-3-15(4-6-16)18(23)22-11-9-21(10-12-22)17-7-1-14(13-20)2-8-17/h1-8H,9-12H2. The van der Waals surface area contributed by atoms with E-state index >= 15 is 0 Å². The summed E-state index contributed by atoms with van der Waals surface area (Å²) in [6.45, 7) is 2.93. The number of hydrogen-bond acceptors (Lipinski definition) is 3. The van der Waals surface area contributed by atoms with Gasteiger partial charge in [0.05, 0.1) is 11.6 Å². The fraction of sp³-hybridized carbons (Fsp3) is 0.222. The van der Waals surface area contributed by atoms with Gasteiger partial charge in [0.25, 0.3) is 5.91 Å². The Labute approximate surface area is 140 Å². The third kappa shape index (κ3) is 3.46. The molecule has 1 heterocycles. The number of carbonyl (C=O) groups excluding carboxylic acids is 1. The molecular formula is C18H16ClN3O. The molecule has 0 aromatic heterocycles. The van der Waals surface area contributed by atoms with Crippen molar-refractivity contribution in [1.29, 1.82) is 5.26 Å². The molecule has 0 atom stereocenters. The first kappa shape index (κ1) is 15.4. The fourth-order valence-corrected chi connectivity index (χ4v) is 2.82. The van der Waals surface area contributed by atoms with Gasteiger partial charge in [-0.15, -0.1) is 0 Å². The summed E-state index contributed by atoms with van der Waals surface area (Å²) < 4.78 is 0. The molecule has 0 bridgehead atoms. The molecule has 23 heavy (non-hydrogen) atoms. The van der Waals surface area contributed by atoms with Crippen molar-refractivity contribution in [2.45, 2.75) is 0 Å². The van der Waals surface area contributed by atoms with Crippen LogP contribution in [0.15, 0.2) is 48.5 Å². The summed E-state index contributed by atoms with van der Waals surface area (Å²) in [7, 11) is 0. The first-order valence-electron chi connectivity index (χ1n) is 7.47. The average molecular weight is 326 g/mol. The zero-order valence-corrected chi connectivity index (χ0v) is 13.3. The molecule has 2 aromatic rings. The molecule has 1 aliphatic rings. The van der Waals surface area contributed by atoms with Gasteiger partial charge in [-0.05, 0) is 48.5 Å². The number of nitriles is 1. The first-order valence-corrected chi connectivity index (χ1v) is 7.85. The van der Waals surface area contributed by atoms with Crippen LogP contribution in [-0.2, 0) is 0 Å². The van der Waals surface area contributed by atoms with Crippen LogP contribution in [0, 0.1) is 11.3 Å². The molecule has 2 aromatic carbocycles. The Hall–Kier alpha value is -2.51. The molecule has 3 rings (SSSR count). The lowest BCUT2D eigenvalue weighted by atomic mass is 10.1. The number of nitrogens with zero attached hydrogens (tertiary/aromatic N) is 3. The van der Waals surface area contributed by atoms with Crippen molar-refractivity contribution in [3.05, 3.63) is 64.7 Å². The number of benzene rings is 2. The Kier molecular flexibility index (Phi) is 4.50. The Morgan fingerprint density at radius 3 is 2.13 bits per heavy atom. The third-order valence-electron chi connectivity index (χ3n) is 4.02. The van der Waals surface area contributed by atoms with Gasteiger partial charge in [0.2, 0.25) is 0 Å². The maximum absolute atomic E-state index is 12.5. The van der Waals surface area contributed by atoms with E-state index in [4.69, 9.17) is 16.9 Å². The fourth-order valence-electron chi connectivity index (χ4n) is 2.69. The monoisotopic (exact) mass is 325 g/mol. The van der Waals surface area contributed by atoms with Gasteiger partial charge in [-0.2, -0.15) is 5.26 Å². The van der Waals surface area contributed by atoms with E-state index in [0.29, 0.717) is 29.2 Å². The second kappa shape index (κ2) is 6.72. The van der Waals surface area contributed by atoms with Crippen LogP contribution in [0.3, 0.4) is 0 Å². The normalized spacial score (nSPS) is 14.4. The predicted octanol–water partition coefficient (Wildman–Crippen LogP) is 3.17. The Bertz CT molecular complexity index is 726. The lowest BCUT2D eigenvalue weighted by Crippen LogP contribution is -2.48. The van der Waals surface area contributed by atoms with Crippen LogP contribution in [-0.4, -0.2) is 37.0 Å². The SMILES string of the molecule is N#Cc1ccc(N2CCN(C(=O)c3ccc(Cl)cc3)CC2)cc1. The maximum atomic E-state index is 12.5. The van der Waals surface area contributed by atoms with Crippen LogP contribution in [0.5, 0.6) is 0 Å². The molecular weight excluding hydrogens is 310 g/mol. The molecule has 0 unspecified atom stereocenters. The molecule has 1 amide bonds. The smallest absolute Gasteiger partial charge is 0.253 e. The molecule has 116 valence electrons. The second-order valence-electron chi connectivity index (χ2n) is 5.44. The number of piperazine rings is 1. The highest BCUT2D eigenvalue weighted by Gasteiger charge is 2.22. The first-order chi connectivity index (χ1) is 11.2. The number of carbonyl (C=O) groups is 1. The Morgan fingerprint density at radius 1 is 0.957 bits per heavy atom. The molecule has 1 fully saturated rings. The van der Waals surface area contributed by atoms with Crippen molar-refractivity contribution < 1.29 is 4.79 Å². The van der Waals surface area contributed by atoms with Gasteiger partial charge in [0.15, 0.2) is 0 Å². The number of halogens is 1. The van der Waals surface area contributed by atoms with Gasteiger partial charge in [-0.1, -0.05) is 11.6 Å². The minimum absolute atomic E-state index is 0.0427. The second-order valence-corrected chi connectivity index (χ2v) is 5.88. The molecule has 1 aliphatic heterocycles. The zero-order chi connectivity index (χ0) is 16.2. The van der Waals surface area contributed by atoms with E-state index in [9.17, 15) is 4.79 Å². The van der Waals surface area contributed by atoms with E-state index in [1.165, 1.54) is 0 Å². The topological polar surface area (TPSA) is 47.3 Å². The van der Waals surface area contributed by atoms with Crippen LogP contribution in [0.1, 0.15) is 15.9 Å². The maximum Gasteiger partial charge on any atom is 0.253 e. The molecule has 0 N–H and O–H groups in total. The molecule has 0 spiro atoms. The minimum Gasteiger partial charge on any atom is -0.368 e. The summed E-state index contributed by atoms with van der Waals surface area (Å²) in [5.74, 6) is 0.0427. The number of rotatable bonds is 2. The summed E-state index contributed by atoms with van der Waals surface area (Å²) in [5.41, 5.74) is 2.41. The van der Waals surface area contributed by atoms with Crippen molar-refractivity contribution >= 4 is 23.2 Å². The molecule has 4 nitrogen and oxygen atoms in total. The van der Waals surface area contributed by atoms with Crippen molar-refractivity contribution in [1.82, 2.24) is 4.90 Å². The quantitative estimate of drug-likeness (QED) is 0.852. The van der Waals surface area contributed by atoms with E-state index in [-0.39, 0.29) is 5.91 Å². The van der Waals surface area contributed by atoms with Gasteiger partial charge < -0.3 is 9.80 Å². The van der Waals surface area contributed by atoms with Gasteiger partial charge in [0, 0.05) is 42.5 Å². The van der Waals surface area contributed by atoms with Crippen molar-refractivity contribution in [3.8, 4) is 6.07 Å². The summed E-state index contributed by atoms with van der Waals surface area (Å²) in [6.07, 6.45) is 0. The van der Waals surface area contributed by atoms with Crippen LogP contribution >= 0.6 is 11.6 Å². The molecule has 0 aliphatic carbocycles. The lowest BCUT2D eigenvalue weighted by Gasteiger charge is -2.36.